The van der Waals surface area contributed by atoms with Gasteiger partial charge in [-0.15, -0.1) is 0 Å². The summed E-state index contributed by atoms with van der Waals surface area (Å²) in [5.41, 5.74) is -0.853. The van der Waals surface area contributed by atoms with Crippen LogP contribution in [0.2, 0.25) is 0 Å². The van der Waals surface area contributed by atoms with Crippen LogP contribution in [-0.2, 0) is 0 Å². The minimum absolute atomic E-state index is 0.381. The van der Waals surface area contributed by atoms with Crippen molar-refractivity contribution in [2.75, 3.05) is 6.61 Å². The highest BCUT2D eigenvalue weighted by Gasteiger charge is 2.00. The standard InChI is InChI=1S/C9H9ClO3/c1-2-12-7-4-3-5-8(6-7)13-9(10)11/h3-6H,2H2,1H3. The molecule has 0 saturated carbocycles. The van der Waals surface area contributed by atoms with Gasteiger partial charge in [0, 0.05) is 17.7 Å². The van der Waals surface area contributed by atoms with Crippen LogP contribution in [-0.4, -0.2) is 12.0 Å². The topological polar surface area (TPSA) is 35.5 Å². The van der Waals surface area contributed by atoms with Crippen molar-refractivity contribution in [3.8, 4) is 11.5 Å². The minimum atomic E-state index is -0.853. The van der Waals surface area contributed by atoms with E-state index in [0.29, 0.717) is 18.1 Å². The second kappa shape index (κ2) is 4.72. The van der Waals surface area contributed by atoms with Gasteiger partial charge in [-0.2, -0.15) is 0 Å². The first kappa shape index (κ1) is 9.86. The lowest BCUT2D eigenvalue weighted by Gasteiger charge is -2.04. The van der Waals surface area contributed by atoms with Gasteiger partial charge in [0.05, 0.1) is 6.61 Å². The molecule has 0 unspecified atom stereocenters. The van der Waals surface area contributed by atoms with Crippen LogP contribution in [0.4, 0.5) is 4.79 Å². The van der Waals surface area contributed by atoms with E-state index in [1.807, 2.05) is 6.92 Å². The monoisotopic (exact) mass is 200 g/mol. The number of benzene rings is 1. The molecule has 0 atom stereocenters. The van der Waals surface area contributed by atoms with E-state index in [1.165, 1.54) is 0 Å². The predicted molar refractivity (Wildman–Crippen MR) is 49.5 cm³/mol. The van der Waals surface area contributed by atoms with Crippen molar-refractivity contribution in [3.05, 3.63) is 24.3 Å². The highest BCUT2D eigenvalue weighted by atomic mass is 35.5. The molecule has 0 heterocycles. The second-order valence-electron chi connectivity index (χ2n) is 2.25. The van der Waals surface area contributed by atoms with E-state index in [2.05, 4.69) is 4.74 Å². The smallest absolute Gasteiger partial charge is 0.409 e. The van der Waals surface area contributed by atoms with Gasteiger partial charge in [-0.05, 0) is 19.1 Å². The Balaban J connectivity index is 2.73. The SMILES string of the molecule is CCOc1cccc(OC(=O)Cl)c1. The summed E-state index contributed by atoms with van der Waals surface area (Å²) in [6.07, 6.45) is 0. The fraction of sp³-hybridized carbons (Fsp3) is 0.222. The summed E-state index contributed by atoms with van der Waals surface area (Å²) in [4.78, 5) is 10.4. The zero-order chi connectivity index (χ0) is 9.68. The summed E-state index contributed by atoms with van der Waals surface area (Å²) in [6.45, 7) is 2.44. The molecule has 0 amide bonds. The molecule has 0 fully saturated rings. The Morgan fingerprint density at radius 3 is 2.77 bits per heavy atom. The molecule has 1 aromatic carbocycles. The Morgan fingerprint density at radius 2 is 2.15 bits per heavy atom. The summed E-state index contributed by atoms with van der Waals surface area (Å²) in [6, 6.07) is 6.72. The number of rotatable bonds is 3. The van der Waals surface area contributed by atoms with Gasteiger partial charge in [0.25, 0.3) is 0 Å². The highest BCUT2D eigenvalue weighted by molar-refractivity contribution is 6.61. The van der Waals surface area contributed by atoms with Gasteiger partial charge >= 0.3 is 5.43 Å². The van der Waals surface area contributed by atoms with E-state index in [9.17, 15) is 4.79 Å². The Kier molecular flexibility index (Phi) is 3.58. The van der Waals surface area contributed by atoms with Crippen molar-refractivity contribution in [1.82, 2.24) is 0 Å². The second-order valence-corrected chi connectivity index (χ2v) is 2.56. The lowest BCUT2D eigenvalue weighted by Crippen LogP contribution is -1.97. The summed E-state index contributed by atoms with van der Waals surface area (Å²) in [5.74, 6) is 1.03. The van der Waals surface area contributed by atoms with Crippen LogP contribution < -0.4 is 9.47 Å². The summed E-state index contributed by atoms with van der Waals surface area (Å²) in [5, 5.41) is 0. The molecule has 13 heavy (non-hydrogen) atoms. The van der Waals surface area contributed by atoms with Crippen LogP contribution in [0.15, 0.2) is 24.3 Å². The average molecular weight is 201 g/mol. The molecule has 1 aromatic rings. The quantitative estimate of drug-likeness (QED) is 0.704. The number of ether oxygens (including phenoxy) is 2. The fourth-order valence-corrected chi connectivity index (χ4v) is 0.976. The number of hydrogen-bond donors (Lipinski definition) is 0. The zero-order valence-corrected chi connectivity index (χ0v) is 7.88. The zero-order valence-electron chi connectivity index (χ0n) is 7.12. The molecule has 0 aliphatic rings. The van der Waals surface area contributed by atoms with Crippen LogP contribution in [0.25, 0.3) is 0 Å². The first-order valence-corrected chi connectivity index (χ1v) is 4.20. The number of halogens is 1. The summed E-state index contributed by atoms with van der Waals surface area (Å²) >= 11 is 5.04. The van der Waals surface area contributed by atoms with Crippen molar-refractivity contribution in [3.63, 3.8) is 0 Å². The van der Waals surface area contributed by atoms with E-state index in [1.54, 1.807) is 24.3 Å². The van der Waals surface area contributed by atoms with Crippen LogP contribution in [0.1, 0.15) is 6.92 Å². The summed E-state index contributed by atoms with van der Waals surface area (Å²) < 4.78 is 9.84. The molecule has 0 aliphatic heterocycles. The maximum Gasteiger partial charge on any atom is 0.409 e. The number of hydrogen-bond acceptors (Lipinski definition) is 3. The maximum absolute atomic E-state index is 10.4. The molecular formula is C9H9ClO3. The van der Waals surface area contributed by atoms with E-state index in [-0.39, 0.29) is 0 Å². The lowest BCUT2D eigenvalue weighted by molar-refractivity contribution is 0.225. The molecule has 0 saturated heterocycles. The largest absolute Gasteiger partial charge is 0.494 e. The van der Waals surface area contributed by atoms with E-state index in [0.717, 1.165) is 0 Å². The first-order valence-electron chi connectivity index (χ1n) is 3.82. The van der Waals surface area contributed by atoms with E-state index in [4.69, 9.17) is 16.3 Å². The molecule has 70 valence electrons. The van der Waals surface area contributed by atoms with Gasteiger partial charge in [-0.3, -0.25) is 0 Å². The third-order valence-electron chi connectivity index (χ3n) is 1.31. The Bertz CT molecular complexity index is 299. The molecule has 0 aliphatic carbocycles. The molecule has 0 spiro atoms. The molecule has 0 aromatic heterocycles. The van der Waals surface area contributed by atoms with Gasteiger partial charge in [0.1, 0.15) is 11.5 Å². The van der Waals surface area contributed by atoms with Crippen LogP contribution in [0, 0.1) is 0 Å². The molecule has 1 rings (SSSR count). The van der Waals surface area contributed by atoms with Crippen molar-refractivity contribution in [1.29, 1.82) is 0 Å². The molecule has 0 N–H and O–H groups in total. The first-order chi connectivity index (χ1) is 6.22. The maximum atomic E-state index is 10.4. The minimum Gasteiger partial charge on any atom is -0.494 e. The average Bonchev–Trinajstić information content (AvgIpc) is 2.04. The van der Waals surface area contributed by atoms with Crippen molar-refractivity contribution >= 4 is 17.0 Å². The normalized spacial score (nSPS) is 9.38. The molecule has 4 heteroatoms. The van der Waals surface area contributed by atoms with Crippen molar-refractivity contribution < 1.29 is 14.3 Å². The van der Waals surface area contributed by atoms with Gasteiger partial charge in [-0.1, -0.05) is 6.07 Å². The molecule has 0 radical (unpaired) electrons. The Labute approximate surface area is 81.2 Å². The number of carbonyl (C=O) groups is 1. The Hall–Kier alpha value is -1.22. The number of carbonyl (C=O) groups excluding carboxylic acids is 1. The molecule has 3 nitrogen and oxygen atoms in total. The lowest BCUT2D eigenvalue weighted by atomic mass is 10.3. The van der Waals surface area contributed by atoms with Gasteiger partial charge < -0.3 is 9.47 Å². The Morgan fingerprint density at radius 1 is 1.46 bits per heavy atom. The highest BCUT2D eigenvalue weighted by Crippen LogP contribution is 2.19. The third-order valence-corrected chi connectivity index (χ3v) is 1.39. The molecular weight excluding hydrogens is 192 g/mol. The predicted octanol–water partition coefficient (Wildman–Crippen LogP) is 2.82. The van der Waals surface area contributed by atoms with E-state index >= 15 is 0 Å². The van der Waals surface area contributed by atoms with Crippen LogP contribution in [0.3, 0.4) is 0 Å². The van der Waals surface area contributed by atoms with Crippen LogP contribution >= 0.6 is 11.6 Å². The summed E-state index contributed by atoms with van der Waals surface area (Å²) in [7, 11) is 0. The third kappa shape index (κ3) is 3.34. The van der Waals surface area contributed by atoms with E-state index < -0.39 is 5.43 Å². The van der Waals surface area contributed by atoms with Crippen molar-refractivity contribution in [2.45, 2.75) is 6.92 Å². The fourth-order valence-electron chi connectivity index (χ4n) is 0.887. The van der Waals surface area contributed by atoms with Gasteiger partial charge in [0.2, 0.25) is 0 Å². The van der Waals surface area contributed by atoms with Gasteiger partial charge in [-0.25, -0.2) is 4.79 Å². The van der Waals surface area contributed by atoms with Gasteiger partial charge in [0.15, 0.2) is 0 Å². The van der Waals surface area contributed by atoms with Crippen LogP contribution in [0.5, 0.6) is 11.5 Å². The molecule has 0 bridgehead atoms. The van der Waals surface area contributed by atoms with Crippen molar-refractivity contribution in [2.24, 2.45) is 0 Å².